The number of rotatable bonds is 9. The molecule has 6 nitrogen and oxygen atoms in total. The minimum absolute atomic E-state index is 0.216. The van der Waals surface area contributed by atoms with E-state index in [-0.39, 0.29) is 6.04 Å². The number of hydrogen-bond acceptors (Lipinski definition) is 7. The van der Waals surface area contributed by atoms with E-state index in [1.807, 2.05) is 29.6 Å². The van der Waals surface area contributed by atoms with E-state index < -0.39 is 0 Å². The Morgan fingerprint density at radius 2 is 1.97 bits per heavy atom. The van der Waals surface area contributed by atoms with Crippen molar-refractivity contribution in [1.82, 2.24) is 24.8 Å². The Morgan fingerprint density at radius 1 is 1.13 bits per heavy atom. The molecule has 4 aromatic rings. The molecule has 0 amide bonds. The average molecular weight is 440 g/mol. The molecular formula is C22H25N5OS2. The SMILES string of the molecule is CCC(c1nnc(SCc2cc(-c3cccs3)on2)n1Cc1ccccc1)N(C)C. The largest absolute Gasteiger partial charge is 0.355 e. The number of hydrogen-bond donors (Lipinski definition) is 0. The first-order chi connectivity index (χ1) is 14.7. The van der Waals surface area contributed by atoms with Gasteiger partial charge in [0.15, 0.2) is 16.7 Å². The number of thiophene rings is 1. The minimum atomic E-state index is 0.216. The van der Waals surface area contributed by atoms with Crippen molar-refractivity contribution in [2.75, 3.05) is 14.1 Å². The van der Waals surface area contributed by atoms with E-state index in [4.69, 9.17) is 4.52 Å². The molecule has 0 aliphatic rings. The predicted octanol–water partition coefficient (Wildman–Crippen LogP) is 5.35. The highest BCUT2D eigenvalue weighted by Gasteiger charge is 2.22. The van der Waals surface area contributed by atoms with E-state index >= 15 is 0 Å². The molecule has 1 unspecified atom stereocenters. The molecule has 0 saturated heterocycles. The quantitative estimate of drug-likeness (QED) is 0.328. The molecule has 1 aromatic carbocycles. The van der Waals surface area contributed by atoms with Crippen LogP contribution in [0.4, 0.5) is 0 Å². The van der Waals surface area contributed by atoms with Crippen molar-refractivity contribution in [1.29, 1.82) is 0 Å². The second-order valence-corrected chi connectivity index (χ2v) is 9.14. The molecule has 30 heavy (non-hydrogen) atoms. The fourth-order valence-electron chi connectivity index (χ4n) is 3.40. The van der Waals surface area contributed by atoms with Crippen molar-refractivity contribution in [3.63, 3.8) is 0 Å². The fraction of sp³-hybridized carbons (Fsp3) is 0.318. The van der Waals surface area contributed by atoms with Gasteiger partial charge >= 0.3 is 0 Å². The van der Waals surface area contributed by atoms with E-state index in [9.17, 15) is 0 Å². The summed E-state index contributed by atoms with van der Waals surface area (Å²) < 4.78 is 7.74. The fourth-order valence-corrected chi connectivity index (χ4v) is 4.90. The summed E-state index contributed by atoms with van der Waals surface area (Å²) in [5.41, 5.74) is 2.13. The summed E-state index contributed by atoms with van der Waals surface area (Å²) in [5, 5.41) is 16.3. The van der Waals surface area contributed by atoms with Gasteiger partial charge in [-0.3, -0.25) is 4.90 Å². The van der Waals surface area contributed by atoms with Crippen molar-refractivity contribution in [2.45, 2.75) is 36.8 Å². The van der Waals surface area contributed by atoms with Crippen LogP contribution in [-0.4, -0.2) is 38.9 Å². The first-order valence-electron chi connectivity index (χ1n) is 9.91. The summed E-state index contributed by atoms with van der Waals surface area (Å²) in [7, 11) is 4.17. The van der Waals surface area contributed by atoms with E-state index in [2.05, 4.69) is 70.1 Å². The Morgan fingerprint density at radius 3 is 2.67 bits per heavy atom. The molecule has 8 heteroatoms. The zero-order chi connectivity index (χ0) is 20.9. The summed E-state index contributed by atoms with van der Waals surface area (Å²) in [4.78, 5) is 3.29. The Labute approximate surface area is 184 Å². The van der Waals surface area contributed by atoms with Gasteiger partial charge in [-0.2, -0.15) is 0 Å². The lowest BCUT2D eigenvalue weighted by Crippen LogP contribution is -2.23. The van der Waals surface area contributed by atoms with Crippen molar-refractivity contribution >= 4 is 23.1 Å². The Balaban J connectivity index is 1.57. The summed E-state index contributed by atoms with van der Waals surface area (Å²) in [5.74, 6) is 2.49. The van der Waals surface area contributed by atoms with Crippen LogP contribution in [0.2, 0.25) is 0 Å². The second-order valence-electron chi connectivity index (χ2n) is 7.25. The monoisotopic (exact) mass is 439 g/mol. The van der Waals surface area contributed by atoms with Crippen LogP contribution < -0.4 is 0 Å². The van der Waals surface area contributed by atoms with Crippen LogP contribution in [0.1, 0.15) is 36.5 Å². The van der Waals surface area contributed by atoms with Crippen LogP contribution >= 0.6 is 23.1 Å². The Hall–Kier alpha value is -2.42. The van der Waals surface area contributed by atoms with Gasteiger partial charge in [-0.05, 0) is 37.5 Å². The van der Waals surface area contributed by atoms with Crippen LogP contribution in [0.25, 0.3) is 10.6 Å². The van der Waals surface area contributed by atoms with Gasteiger partial charge in [0, 0.05) is 11.8 Å². The predicted molar refractivity (Wildman–Crippen MR) is 122 cm³/mol. The highest BCUT2D eigenvalue weighted by atomic mass is 32.2. The number of benzene rings is 1. The molecule has 0 aliphatic carbocycles. The molecule has 3 heterocycles. The molecule has 1 atom stereocenters. The molecule has 0 fully saturated rings. The van der Waals surface area contributed by atoms with Crippen LogP contribution in [0.5, 0.6) is 0 Å². The minimum Gasteiger partial charge on any atom is -0.355 e. The molecule has 0 radical (unpaired) electrons. The molecule has 0 spiro atoms. The van der Waals surface area contributed by atoms with Gasteiger partial charge in [-0.15, -0.1) is 21.5 Å². The maximum atomic E-state index is 5.51. The average Bonchev–Trinajstić information content (AvgIpc) is 3.49. The summed E-state index contributed by atoms with van der Waals surface area (Å²) >= 11 is 3.29. The van der Waals surface area contributed by atoms with Crippen LogP contribution in [0.15, 0.2) is 63.6 Å². The lowest BCUT2D eigenvalue weighted by molar-refractivity contribution is 0.272. The van der Waals surface area contributed by atoms with E-state index in [1.165, 1.54) is 5.56 Å². The molecule has 0 bridgehead atoms. The molecule has 0 aliphatic heterocycles. The third-order valence-electron chi connectivity index (χ3n) is 4.91. The zero-order valence-electron chi connectivity index (χ0n) is 17.4. The van der Waals surface area contributed by atoms with Crippen molar-refractivity contribution in [3.05, 3.63) is 71.0 Å². The first kappa shape index (κ1) is 20.8. The van der Waals surface area contributed by atoms with Gasteiger partial charge in [0.25, 0.3) is 0 Å². The smallest absolute Gasteiger partial charge is 0.191 e. The third-order valence-corrected chi connectivity index (χ3v) is 6.79. The molecule has 0 saturated carbocycles. The van der Waals surface area contributed by atoms with Gasteiger partial charge in [0.05, 0.1) is 23.2 Å². The third kappa shape index (κ3) is 4.66. The second kappa shape index (κ2) is 9.59. The molecule has 4 rings (SSSR count). The zero-order valence-corrected chi connectivity index (χ0v) is 19.0. The van der Waals surface area contributed by atoms with E-state index in [0.717, 1.165) is 40.3 Å². The number of nitrogens with zero attached hydrogens (tertiary/aromatic N) is 5. The van der Waals surface area contributed by atoms with Crippen molar-refractivity contribution in [3.8, 4) is 10.6 Å². The van der Waals surface area contributed by atoms with Crippen molar-refractivity contribution < 1.29 is 4.52 Å². The first-order valence-corrected chi connectivity index (χ1v) is 11.8. The maximum Gasteiger partial charge on any atom is 0.191 e. The van der Waals surface area contributed by atoms with Gasteiger partial charge in [0.1, 0.15) is 0 Å². The van der Waals surface area contributed by atoms with Crippen LogP contribution in [-0.2, 0) is 12.3 Å². The molecule has 156 valence electrons. The maximum absolute atomic E-state index is 5.51. The van der Waals surface area contributed by atoms with Gasteiger partial charge < -0.3 is 9.09 Å². The molecular weight excluding hydrogens is 414 g/mol. The van der Waals surface area contributed by atoms with Gasteiger partial charge in [0.2, 0.25) is 0 Å². The van der Waals surface area contributed by atoms with E-state index in [0.29, 0.717) is 5.75 Å². The highest BCUT2D eigenvalue weighted by molar-refractivity contribution is 7.98. The summed E-state index contributed by atoms with van der Waals surface area (Å²) in [6.07, 6.45) is 0.970. The summed E-state index contributed by atoms with van der Waals surface area (Å²) in [6.45, 7) is 2.93. The van der Waals surface area contributed by atoms with Gasteiger partial charge in [-0.25, -0.2) is 0 Å². The highest BCUT2D eigenvalue weighted by Crippen LogP contribution is 2.30. The standard InChI is InChI=1S/C22H25N5OS2/c1-4-18(26(2)3)21-23-24-22(27(21)14-16-9-6-5-7-10-16)30-15-17-13-19(28-25-17)20-11-8-12-29-20/h5-13,18H,4,14-15H2,1-3H3. The lowest BCUT2D eigenvalue weighted by atomic mass is 10.2. The molecule has 0 N–H and O–H groups in total. The number of aromatic nitrogens is 4. The van der Waals surface area contributed by atoms with Crippen LogP contribution in [0, 0.1) is 0 Å². The topological polar surface area (TPSA) is 60.0 Å². The number of thioether (sulfide) groups is 1. The van der Waals surface area contributed by atoms with Gasteiger partial charge in [-0.1, -0.05) is 60.2 Å². The Bertz CT molecular complexity index is 1060. The van der Waals surface area contributed by atoms with Crippen LogP contribution in [0.3, 0.4) is 0 Å². The Kier molecular flexibility index (Phi) is 6.66. The van der Waals surface area contributed by atoms with Crippen molar-refractivity contribution in [2.24, 2.45) is 0 Å². The lowest BCUT2D eigenvalue weighted by Gasteiger charge is -2.23. The molecule has 3 aromatic heterocycles. The normalized spacial score (nSPS) is 12.5. The summed E-state index contributed by atoms with van der Waals surface area (Å²) in [6, 6.07) is 16.7. The van der Waals surface area contributed by atoms with E-state index in [1.54, 1.807) is 23.1 Å².